The highest BCUT2D eigenvalue weighted by Crippen LogP contribution is 2.55. The Balaban J connectivity index is 1.02. The van der Waals surface area contributed by atoms with Crippen LogP contribution in [0.15, 0.2) is 72.8 Å². The van der Waals surface area contributed by atoms with Gasteiger partial charge in [-0.2, -0.15) is 0 Å². The second-order valence-electron chi connectivity index (χ2n) is 36.1. The molecular weight excluding hydrogens is 1720 g/mol. The molecule has 0 aromatic heterocycles. The number of ether oxygens (including phenoxy) is 6. The molecule has 7 heterocycles. The molecule has 5 aromatic rings. The first-order chi connectivity index (χ1) is 61.2. The van der Waals surface area contributed by atoms with E-state index >= 15 is 28.8 Å². The van der Waals surface area contributed by atoms with Gasteiger partial charge in [0.25, 0.3) is 0 Å². The highest BCUT2D eigenvalue weighted by atomic mass is 35.5. The number of carbonyl (C=O) groups excluding carboxylic acids is 9. The number of phenolic OH excluding ortho intramolecular Hbond substituents is 3. The summed E-state index contributed by atoms with van der Waals surface area (Å²) in [6, 6.07) is -1.08. The van der Waals surface area contributed by atoms with Crippen molar-refractivity contribution >= 4 is 72.4 Å². The number of aliphatic hydroxyl groups is 6. The van der Waals surface area contributed by atoms with Gasteiger partial charge in [0.15, 0.2) is 23.9 Å². The van der Waals surface area contributed by atoms with Gasteiger partial charge in [0.05, 0.1) is 48.1 Å². The van der Waals surface area contributed by atoms with Crippen molar-refractivity contribution in [1.29, 1.82) is 0 Å². The number of aromatic hydroxyl groups is 3. The quantitative estimate of drug-likeness (QED) is 0.0273. The predicted molar refractivity (Wildman–Crippen MR) is 461 cm³/mol. The number of nitrogens with two attached hydrogens (primary N) is 1. The first-order valence-electron chi connectivity index (χ1n) is 43.9. The smallest absolute Gasteiger partial charge is 0.339 e. The number of rotatable bonds is 26. The Labute approximate surface area is 749 Å². The summed E-state index contributed by atoms with van der Waals surface area (Å²) in [6.45, 7) is 8.56. The molecule has 15 bridgehead atoms. The minimum Gasteiger partial charge on any atom is -0.507 e. The van der Waals surface area contributed by atoms with Crippen molar-refractivity contribution in [2.24, 2.45) is 35.3 Å². The van der Waals surface area contributed by atoms with Gasteiger partial charge >= 0.3 is 7.60 Å². The van der Waals surface area contributed by atoms with Gasteiger partial charge in [0.2, 0.25) is 65.2 Å². The molecule has 7 aliphatic heterocycles. The van der Waals surface area contributed by atoms with E-state index in [0.717, 1.165) is 107 Å². The number of phenols is 3. The molecule has 4 saturated carbocycles. The molecule has 16 rings (SSSR count). The summed E-state index contributed by atoms with van der Waals surface area (Å²) in [5.74, 6) is -14.9. The third-order valence-electron chi connectivity index (χ3n) is 25.7. The van der Waals surface area contributed by atoms with Crippen LogP contribution in [0.4, 0.5) is 0 Å². The van der Waals surface area contributed by atoms with Crippen LogP contribution in [0.5, 0.6) is 46.0 Å². The number of nitrogens with one attached hydrogen (secondary N) is 10. The Bertz CT molecular complexity index is 5050. The maximum absolute atomic E-state index is 16.8. The number of hydrogen-bond donors (Lipinski definition) is 22. The minimum atomic E-state index is -4.86. The molecule has 6 fully saturated rings. The molecule has 129 heavy (non-hydrogen) atoms. The molecular formula is C89H117ClN11O27P. The van der Waals surface area contributed by atoms with E-state index in [0.29, 0.717) is 24.7 Å². The summed E-state index contributed by atoms with van der Waals surface area (Å²) in [6.07, 6.45) is -10.2. The van der Waals surface area contributed by atoms with E-state index in [4.69, 9.17) is 45.8 Å². The van der Waals surface area contributed by atoms with Crippen molar-refractivity contribution in [3.05, 3.63) is 117 Å². The van der Waals surface area contributed by atoms with E-state index < -0.39 is 269 Å². The van der Waals surface area contributed by atoms with E-state index in [1.54, 1.807) is 0 Å². The zero-order valence-electron chi connectivity index (χ0n) is 72.5. The molecule has 18 atom stereocenters. The lowest BCUT2D eigenvalue weighted by Gasteiger charge is -2.54. The molecule has 38 nitrogen and oxygen atoms in total. The fraction of sp³-hybridized carbons (Fsp3) is 0.562. The number of imide groups is 1. The van der Waals surface area contributed by atoms with Gasteiger partial charge in [-0.25, -0.2) is 0 Å². The second-order valence-corrected chi connectivity index (χ2v) is 38.1. The Morgan fingerprint density at radius 1 is 0.690 bits per heavy atom. The molecule has 11 aliphatic rings. The van der Waals surface area contributed by atoms with Crippen molar-refractivity contribution in [2.75, 3.05) is 19.9 Å². The lowest BCUT2D eigenvalue weighted by molar-refractivity contribution is -0.333. The maximum atomic E-state index is 16.8. The average molecular weight is 1840 g/mol. The zero-order chi connectivity index (χ0) is 93.1. The normalized spacial score (nSPS) is 30.0. The van der Waals surface area contributed by atoms with Gasteiger partial charge in [-0.3, -0.25) is 53.0 Å². The topological polar surface area (TPSA) is 595 Å². The Morgan fingerprint density at radius 3 is 1.95 bits per heavy atom. The summed E-state index contributed by atoms with van der Waals surface area (Å²) in [4.78, 5) is 159. The third-order valence-corrected chi connectivity index (χ3v) is 26.7. The molecule has 2 saturated heterocycles. The monoisotopic (exact) mass is 1840 g/mol. The molecule has 0 radical (unpaired) electrons. The van der Waals surface area contributed by atoms with Gasteiger partial charge in [-0.05, 0) is 190 Å². The van der Waals surface area contributed by atoms with E-state index in [1.807, 2.05) is 13.8 Å². The first-order valence-corrected chi connectivity index (χ1v) is 46.0. The van der Waals surface area contributed by atoms with Crippen molar-refractivity contribution in [1.82, 2.24) is 53.2 Å². The Morgan fingerprint density at radius 2 is 1.32 bits per heavy atom. The maximum Gasteiger partial charge on any atom is 0.339 e. The average Bonchev–Trinajstić information content (AvgIpc) is 0.779. The Hall–Kier alpha value is -9.71. The van der Waals surface area contributed by atoms with Gasteiger partial charge in [0, 0.05) is 42.1 Å². The minimum absolute atomic E-state index is 0.0140. The van der Waals surface area contributed by atoms with Crippen LogP contribution >= 0.6 is 19.2 Å². The van der Waals surface area contributed by atoms with Crippen LogP contribution in [0.3, 0.4) is 0 Å². The summed E-state index contributed by atoms with van der Waals surface area (Å²) in [5, 5.41) is 135. The number of unbranched alkanes of at least 4 members (excludes halogenated alkanes) is 6. The third kappa shape index (κ3) is 22.2. The van der Waals surface area contributed by atoms with Crippen LogP contribution in [0.1, 0.15) is 207 Å². The molecule has 0 spiro atoms. The van der Waals surface area contributed by atoms with Crippen molar-refractivity contribution < 1.29 is 132 Å². The number of halogens is 1. The highest BCUT2D eigenvalue weighted by Gasteiger charge is 2.54. The zero-order valence-corrected chi connectivity index (χ0v) is 74.1. The summed E-state index contributed by atoms with van der Waals surface area (Å²) in [7, 11) is -3.37. The van der Waals surface area contributed by atoms with Crippen LogP contribution in [0.2, 0.25) is 5.02 Å². The van der Waals surface area contributed by atoms with Gasteiger partial charge < -0.3 is 138 Å². The number of likely N-dealkylation sites (N-methyl/N-ethyl adjacent to an activating group) is 1. The number of aryl methyl sites for hydroxylation is 1. The van der Waals surface area contributed by atoms with Gasteiger partial charge in [-0.1, -0.05) is 89.1 Å². The summed E-state index contributed by atoms with van der Waals surface area (Å²) >= 11 is 7.32. The largest absolute Gasteiger partial charge is 0.507 e. The van der Waals surface area contributed by atoms with E-state index in [1.165, 1.54) is 58.2 Å². The molecule has 9 amide bonds. The molecule has 0 unspecified atom stereocenters. The van der Waals surface area contributed by atoms with Crippen molar-refractivity contribution in [3.63, 3.8) is 0 Å². The molecule has 40 heteroatoms. The molecule has 4 aliphatic carbocycles. The lowest BCUT2D eigenvalue weighted by Crippen LogP contribution is -2.64. The number of carbonyl (C=O) groups is 9. The van der Waals surface area contributed by atoms with E-state index in [9.17, 15) is 74.7 Å². The van der Waals surface area contributed by atoms with Crippen LogP contribution in [0, 0.1) is 36.5 Å². The van der Waals surface area contributed by atoms with Crippen LogP contribution < -0.4 is 73.1 Å². The predicted octanol–water partition coefficient (Wildman–Crippen LogP) is 4.14. The van der Waals surface area contributed by atoms with E-state index in [-0.39, 0.29) is 70.8 Å². The number of benzene rings is 5. The van der Waals surface area contributed by atoms with Gasteiger partial charge in [0.1, 0.15) is 95.5 Å². The fourth-order valence-corrected chi connectivity index (χ4v) is 19.8. The fourth-order valence-electron chi connectivity index (χ4n) is 19.2. The summed E-state index contributed by atoms with van der Waals surface area (Å²) < 4.78 is 51.7. The van der Waals surface area contributed by atoms with Crippen LogP contribution in [-0.2, 0) is 68.5 Å². The number of amides is 9. The Kier molecular flexibility index (Phi) is 30.8. The second kappa shape index (κ2) is 41.0. The van der Waals surface area contributed by atoms with Gasteiger partial charge in [-0.15, -0.1) is 0 Å². The lowest BCUT2D eigenvalue weighted by atomic mass is 9.54. The van der Waals surface area contributed by atoms with Crippen molar-refractivity contribution in [2.45, 2.75) is 266 Å². The number of fused-ring (bicyclic) bond motifs is 15. The molecule has 5 aromatic carbocycles. The molecule has 23 N–H and O–H groups in total. The van der Waals surface area contributed by atoms with Crippen molar-refractivity contribution in [3.8, 4) is 57.1 Å². The first kappa shape index (κ1) is 96.8. The standard InChI is InChI=1S/C89H117ClN11O27P/c1-8-9-10-11-12-13-14-15-63(105)95-64(106)34-55-82(114)97-69-49-31-60(124-58-20-17-45(23-40(58)4)73(107)71(86(118)94-55)100-81(113)54(92-7)22-39(2)3)78(128-88-79(77(111)76(110)62(37-102)126-88)127-65-35-89(6,91)80(112)41(5)123-65)61(32-49)125-59-21-18-46(30-53(59)90)74(108)72-87(119)99-70(85(117)96-67-47-25-42-24-43(27-47)28-48(67)26-42)51-33-57(104)52(36-93-38-129(120,121)122)75(109)66(51)50-29-44(16-19-56(50)103)68(83(115)101-72)98-84(69)116/h16-21,23,29-33,39,41-43,47-48,54-55,62,65,67-74,76-77,79-80,88,92-93,102-104,107-112H,8-15,22,24-28,34-38,91H2,1-7H3,(H,94,118)(H,96,117)(H,97,114)(H,98,116)(H,99,119)(H,100,113)(H,101,115)(H,95,105,106)(H2,120,121,122)/t41-,42?,43?,47?,48?,54-,55-,62+,65-,67?,68+,69+,70-,71+,72-,73+,74+,76+,77-,79+,80+,88-,89-/m0/s1. The summed E-state index contributed by atoms with van der Waals surface area (Å²) in [5.41, 5.74) is 2.21. The number of hydrogen-bond acceptors (Lipinski definition) is 28. The van der Waals surface area contributed by atoms with Crippen LogP contribution in [-0.4, -0.2) is 214 Å². The molecule has 702 valence electrons. The SMILES string of the molecule is CCCCCCCCCC(=O)NC(=O)C[C@@H]1NC(=O)[C@H](NC(=O)[C@H](CC(C)C)NC)[C@H](O)c2ccc(c(C)c2)Oc2cc3cc(c2O[C@@H]2O[C@H](CO)[C@@H](O)[C@H](O)[C@H]2O[C@H]2C[C@](C)(N)[C@H](O)[C@H](C)O2)Oc2ccc(cc2Cl)[C@@H](O)[C@@H]2NC(=O)[C@H](NC(=O)[C@@H]3NC1=O)c1ccc(O)c(c1)-c1c(cc(O)c(CNCP(=O)(O)O)c1O)[C@@H](C(=O)NC1C3CC4CC(C3)CC1C4)NC2=O. The van der Waals surface area contributed by atoms with Crippen LogP contribution in [0.25, 0.3) is 11.1 Å². The van der Waals surface area contributed by atoms with E-state index in [2.05, 4.69) is 60.1 Å². The number of aliphatic hydroxyl groups excluding tert-OH is 6. The highest BCUT2D eigenvalue weighted by molar-refractivity contribution is 7.51.